The number of hydrogen-bond acceptors (Lipinski definition) is 5. The zero-order valence-corrected chi connectivity index (χ0v) is 11.1. The molecule has 6 nitrogen and oxygen atoms in total. The molecule has 1 amide bonds. The molecule has 4 N–H and O–H groups in total. The second-order valence-electron chi connectivity index (χ2n) is 4.04. The van der Waals surface area contributed by atoms with Crippen LogP contribution in [-0.2, 0) is 17.8 Å². The molecule has 0 atom stereocenters. The van der Waals surface area contributed by atoms with E-state index in [0.717, 1.165) is 22.6 Å². The maximum absolute atomic E-state index is 11.8. The largest absolute Gasteiger partial charge is 0.375 e. The number of nitrogen functional groups attached to an aromatic ring is 1. The fourth-order valence-corrected chi connectivity index (χ4v) is 2.21. The van der Waals surface area contributed by atoms with Gasteiger partial charge in [-0.2, -0.15) is 5.10 Å². The van der Waals surface area contributed by atoms with Crippen LogP contribution in [0.5, 0.6) is 0 Å². The van der Waals surface area contributed by atoms with Gasteiger partial charge in [0.15, 0.2) is 5.13 Å². The molecule has 18 heavy (non-hydrogen) atoms. The summed E-state index contributed by atoms with van der Waals surface area (Å²) in [6.07, 6.45) is 0.327. The van der Waals surface area contributed by atoms with Crippen molar-refractivity contribution in [1.29, 1.82) is 0 Å². The van der Waals surface area contributed by atoms with E-state index in [1.54, 1.807) is 0 Å². The number of aromatic nitrogens is 3. The molecule has 0 aliphatic rings. The van der Waals surface area contributed by atoms with Gasteiger partial charge < -0.3 is 11.1 Å². The lowest BCUT2D eigenvalue weighted by Gasteiger charge is -2.03. The number of rotatable bonds is 4. The lowest BCUT2D eigenvalue weighted by atomic mass is 10.1. The maximum Gasteiger partial charge on any atom is 0.224 e. The van der Waals surface area contributed by atoms with Crippen LogP contribution in [0.4, 0.5) is 5.13 Å². The van der Waals surface area contributed by atoms with E-state index in [2.05, 4.69) is 20.5 Å². The lowest BCUT2D eigenvalue weighted by molar-refractivity contribution is -0.120. The van der Waals surface area contributed by atoms with Gasteiger partial charge >= 0.3 is 0 Å². The zero-order chi connectivity index (χ0) is 13.1. The van der Waals surface area contributed by atoms with Crippen LogP contribution in [0, 0.1) is 13.8 Å². The number of nitrogens with two attached hydrogens (primary N) is 1. The Balaban J connectivity index is 1.89. The number of anilines is 1. The minimum atomic E-state index is -0.0471. The molecule has 2 aromatic rings. The van der Waals surface area contributed by atoms with Crippen LogP contribution in [-0.4, -0.2) is 21.1 Å². The Bertz CT molecular complexity index is 540. The van der Waals surface area contributed by atoms with E-state index in [1.165, 1.54) is 11.3 Å². The average molecular weight is 265 g/mol. The van der Waals surface area contributed by atoms with Crippen LogP contribution in [0.1, 0.15) is 22.6 Å². The van der Waals surface area contributed by atoms with Crippen LogP contribution in [0.2, 0.25) is 0 Å². The molecule has 0 radical (unpaired) electrons. The Kier molecular flexibility index (Phi) is 3.61. The highest BCUT2D eigenvalue weighted by atomic mass is 32.1. The molecule has 0 aromatic carbocycles. The van der Waals surface area contributed by atoms with Crippen LogP contribution in [0.15, 0.2) is 5.38 Å². The summed E-state index contributed by atoms with van der Waals surface area (Å²) in [6.45, 7) is 4.19. The predicted molar refractivity (Wildman–Crippen MR) is 70.1 cm³/mol. The molecular formula is C11H15N5OS. The number of hydrogen-bond donors (Lipinski definition) is 3. The molecule has 2 heterocycles. The van der Waals surface area contributed by atoms with E-state index in [-0.39, 0.29) is 5.91 Å². The number of aryl methyl sites for hydroxylation is 2. The number of nitrogens with zero attached hydrogens (tertiary/aromatic N) is 2. The number of nitrogens with one attached hydrogen (secondary N) is 2. The minimum absolute atomic E-state index is 0.0471. The van der Waals surface area contributed by atoms with Crippen molar-refractivity contribution in [2.75, 3.05) is 5.73 Å². The van der Waals surface area contributed by atoms with Gasteiger partial charge in [0.05, 0.1) is 24.4 Å². The molecule has 0 fully saturated rings. The first-order valence-corrected chi connectivity index (χ1v) is 6.41. The number of carbonyl (C=O) groups excluding carboxylic acids is 1. The Hall–Kier alpha value is -1.89. The first-order valence-electron chi connectivity index (χ1n) is 5.53. The van der Waals surface area contributed by atoms with Gasteiger partial charge in [0.25, 0.3) is 0 Å². The first-order chi connectivity index (χ1) is 8.56. The van der Waals surface area contributed by atoms with E-state index in [9.17, 15) is 4.79 Å². The van der Waals surface area contributed by atoms with Gasteiger partial charge in [0.2, 0.25) is 5.91 Å². The quantitative estimate of drug-likeness (QED) is 0.766. The molecule has 0 unspecified atom stereocenters. The fraction of sp³-hybridized carbons (Fsp3) is 0.364. The van der Waals surface area contributed by atoms with E-state index in [4.69, 9.17) is 5.73 Å². The lowest BCUT2D eigenvalue weighted by Crippen LogP contribution is -2.25. The highest BCUT2D eigenvalue weighted by Crippen LogP contribution is 2.12. The van der Waals surface area contributed by atoms with Crippen molar-refractivity contribution in [3.63, 3.8) is 0 Å². The molecule has 7 heteroatoms. The third kappa shape index (κ3) is 2.86. The molecule has 96 valence electrons. The van der Waals surface area contributed by atoms with Crippen molar-refractivity contribution in [3.8, 4) is 0 Å². The van der Waals surface area contributed by atoms with Gasteiger partial charge in [-0.05, 0) is 13.8 Å². The maximum atomic E-state index is 11.8. The van der Waals surface area contributed by atoms with Crippen molar-refractivity contribution in [2.24, 2.45) is 0 Å². The molecule has 0 saturated carbocycles. The SMILES string of the molecule is Cc1n[nH]c(C)c1CC(=O)NCc1csc(N)n1. The molecule has 0 saturated heterocycles. The highest BCUT2D eigenvalue weighted by molar-refractivity contribution is 7.13. The Labute approximate surface area is 109 Å². The van der Waals surface area contributed by atoms with E-state index in [1.807, 2.05) is 19.2 Å². The molecule has 0 spiro atoms. The van der Waals surface area contributed by atoms with Crippen LogP contribution < -0.4 is 11.1 Å². The summed E-state index contributed by atoms with van der Waals surface area (Å²) in [5.41, 5.74) is 9.04. The van der Waals surface area contributed by atoms with Crippen LogP contribution >= 0.6 is 11.3 Å². The van der Waals surface area contributed by atoms with Crippen LogP contribution in [0.3, 0.4) is 0 Å². The van der Waals surface area contributed by atoms with Crippen molar-refractivity contribution in [3.05, 3.63) is 28.0 Å². The van der Waals surface area contributed by atoms with Crippen molar-refractivity contribution < 1.29 is 4.79 Å². The molecule has 0 aliphatic heterocycles. The molecular weight excluding hydrogens is 250 g/mol. The van der Waals surface area contributed by atoms with E-state index < -0.39 is 0 Å². The minimum Gasteiger partial charge on any atom is -0.375 e. The second-order valence-corrected chi connectivity index (χ2v) is 4.93. The normalized spacial score (nSPS) is 10.6. The second kappa shape index (κ2) is 5.18. The summed E-state index contributed by atoms with van der Waals surface area (Å²) in [5, 5.41) is 12.1. The third-order valence-electron chi connectivity index (χ3n) is 2.65. The van der Waals surface area contributed by atoms with Crippen molar-refractivity contribution in [2.45, 2.75) is 26.8 Å². The van der Waals surface area contributed by atoms with Crippen molar-refractivity contribution in [1.82, 2.24) is 20.5 Å². The topological polar surface area (TPSA) is 96.7 Å². The monoisotopic (exact) mass is 265 g/mol. The summed E-state index contributed by atoms with van der Waals surface area (Å²) in [4.78, 5) is 15.9. The summed E-state index contributed by atoms with van der Waals surface area (Å²) >= 11 is 1.37. The van der Waals surface area contributed by atoms with E-state index >= 15 is 0 Å². The van der Waals surface area contributed by atoms with Gasteiger partial charge in [-0.3, -0.25) is 9.89 Å². The summed E-state index contributed by atoms with van der Waals surface area (Å²) in [6, 6.07) is 0. The van der Waals surface area contributed by atoms with Gasteiger partial charge in [0, 0.05) is 16.6 Å². The van der Waals surface area contributed by atoms with Gasteiger partial charge in [-0.25, -0.2) is 4.98 Å². The molecule has 0 bridgehead atoms. The molecule has 0 aliphatic carbocycles. The smallest absolute Gasteiger partial charge is 0.224 e. The first kappa shape index (κ1) is 12.6. The standard InChI is InChI=1S/C11H15N5OS/c1-6-9(7(2)16-15-6)3-10(17)13-4-8-5-18-11(12)14-8/h5H,3-4H2,1-2H3,(H2,12,14)(H,13,17)(H,15,16). The van der Waals surface area contributed by atoms with Gasteiger partial charge in [-0.1, -0.05) is 0 Å². The summed E-state index contributed by atoms with van der Waals surface area (Å²) in [7, 11) is 0. The average Bonchev–Trinajstić information content (AvgIpc) is 2.87. The Morgan fingerprint density at radius 1 is 1.56 bits per heavy atom. The number of thiazole rings is 1. The predicted octanol–water partition coefficient (Wildman–Crippen LogP) is 0.924. The van der Waals surface area contributed by atoms with Crippen LogP contribution in [0.25, 0.3) is 0 Å². The Morgan fingerprint density at radius 2 is 2.33 bits per heavy atom. The number of aromatic amines is 1. The Morgan fingerprint density at radius 3 is 2.89 bits per heavy atom. The number of amides is 1. The van der Waals surface area contributed by atoms with Gasteiger partial charge in [-0.15, -0.1) is 11.3 Å². The van der Waals surface area contributed by atoms with E-state index in [0.29, 0.717) is 18.1 Å². The number of H-pyrrole nitrogens is 1. The summed E-state index contributed by atoms with van der Waals surface area (Å²) < 4.78 is 0. The van der Waals surface area contributed by atoms with Crippen molar-refractivity contribution >= 4 is 22.4 Å². The summed E-state index contributed by atoms with van der Waals surface area (Å²) in [5.74, 6) is -0.0471. The zero-order valence-electron chi connectivity index (χ0n) is 10.3. The van der Waals surface area contributed by atoms with Gasteiger partial charge in [0.1, 0.15) is 0 Å². The number of carbonyl (C=O) groups is 1. The third-order valence-corrected chi connectivity index (χ3v) is 3.38. The highest BCUT2D eigenvalue weighted by Gasteiger charge is 2.11. The molecule has 2 aromatic heterocycles. The fourth-order valence-electron chi connectivity index (χ4n) is 1.65. The molecule has 2 rings (SSSR count).